The third-order valence-electron chi connectivity index (χ3n) is 5.52. The van der Waals surface area contributed by atoms with E-state index in [0.29, 0.717) is 23.6 Å². The number of nitrogens with zero attached hydrogens (tertiary/aromatic N) is 1. The molecule has 0 saturated carbocycles. The van der Waals surface area contributed by atoms with Crippen LogP contribution in [0.1, 0.15) is 61.0 Å². The molecule has 2 rings (SSSR count). The van der Waals surface area contributed by atoms with Gasteiger partial charge in [0.1, 0.15) is 0 Å². The molecule has 0 unspecified atom stereocenters. The Hall–Kier alpha value is -2.55. The minimum atomic E-state index is -4.50. The molecule has 1 N–H and O–H groups in total. The number of carbonyl (C=O) groups is 1. The minimum absolute atomic E-state index is 0.0684. The molecule has 1 atom stereocenters. The van der Waals surface area contributed by atoms with Gasteiger partial charge in [0.25, 0.3) is 5.91 Å². The molecule has 33 heavy (non-hydrogen) atoms. The number of alkyl halides is 3. The highest BCUT2D eigenvalue weighted by Crippen LogP contribution is 2.31. The van der Waals surface area contributed by atoms with E-state index in [1.807, 2.05) is 0 Å². The van der Waals surface area contributed by atoms with Gasteiger partial charge < -0.3 is 5.32 Å². The van der Waals surface area contributed by atoms with E-state index in [9.17, 15) is 26.4 Å². The lowest BCUT2D eigenvalue weighted by molar-refractivity contribution is -0.137. The van der Waals surface area contributed by atoms with Gasteiger partial charge in [-0.15, -0.1) is 0 Å². The van der Waals surface area contributed by atoms with Gasteiger partial charge in [-0.05, 0) is 54.3 Å². The summed E-state index contributed by atoms with van der Waals surface area (Å²) < 4.78 is 64.0. The standard InChI is InChI=1S/C24H31F3N2O3S/c1-4-6-7-18(5-2)16-28-23(30)20-10-8-19(9-11-20)17-29(33(3,31)32)22-14-12-21(13-15-22)24(25,26)27/h8-15,18H,4-7,16-17H2,1-3H3,(H,28,30)/t18-/m0/s1. The molecule has 0 heterocycles. The summed E-state index contributed by atoms with van der Waals surface area (Å²) >= 11 is 0. The Labute approximate surface area is 194 Å². The van der Waals surface area contributed by atoms with E-state index in [0.717, 1.165) is 60.5 Å². The predicted octanol–water partition coefficient (Wildman–Crippen LogP) is 5.62. The van der Waals surface area contributed by atoms with E-state index in [4.69, 9.17) is 0 Å². The topological polar surface area (TPSA) is 66.5 Å². The van der Waals surface area contributed by atoms with Crippen molar-refractivity contribution in [3.05, 3.63) is 65.2 Å². The first-order valence-corrected chi connectivity index (χ1v) is 12.8. The van der Waals surface area contributed by atoms with E-state index in [2.05, 4.69) is 19.2 Å². The Kier molecular flexibility index (Phi) is 9.34. The van der Waals surface area contributed by atoms with Crippen LogP contribution in [0, 0.1) is 5.92 Å². The van der Waals surface area contributed by atoms with Crippen molar-refractivity contribution in [1.82, 2.24) is 5.32 Å². The first-order valence-electron chi connectivity index (χ1n) is 11.0. The Morgan fingerprint density at radius 2 is 1.64 bits per heavy atom. The predicted molar refractivity (Wildman–Crippen MR) is 125 cm³/mol. The Bertz CT molecular complexity index is 1000. The second kappa shape index (κ2) is 11.5. The maximum Gasteiger partial charge on any atom is 0.416 e. The van der Waals surface area contributed by atoms with Crippen LogP contribution in [0.25, 0.3) is 0 Å². The fourth-order valence-electron chi connectivity index (χ4n) is 3.43. The molecule has 0 aliphatic carbocycles. The van der Waals surface area contributed by atoms with Gasteiger partial charge in [-0.2, -0.15) is 13.2 Å². The highest BCUT2D eigenvalue weighted by Gasteiger charge is 2.30. The maximum atomic E-state index is 12.8. The number of sulfonamides is 1. The van der Waals surface area contributed by atoms with Gasteiger partial charge in [-0.3, -0.25) is 9.10 Å². The number of halogens is 3. The molecule has 0 aromatic heterocycles. The van der Waals surface area contributed by atoms with E-state index >= 15 is 0 Å². The largest absolute Gasteiger partial charge is 0.416 e. The summed E-state index contributed by atoms with van der Waals surface area (Å²) in [5, 5.41) is 2.95. The molecule has 1 amide bonds. The van der Waals surface area contributed by atoms with Gasteiger partial charge in [0, 0.05) is 12.1 Å². The van der Waals surface area contributed by atoms with Crippen molar-refractivity contribution in [2.24, 2.45) is 5.92 Å². The van der Waals surface area contributed by atoms with E-state index < -0.39 is 21.8 Å². The van der Waals surface area contributed by atoms with Crippen molar-refractivity contribution in [2.45, 2.75) is 52.3 Å². The summed E-state index contributed by atoms with van der Waals surface area (Å²) in [5.41, 5.74) is 0.343. The van der Waals surface area contributed by atoms with E-state index in [1.165, 1.54) is 0 Å². The maximum absolute atomic E-state index is 12.8. The highest BCUT2D eigenvalue weighted by atomic mass is 32.2. The number of unbranched alkanes of at least 4 members (excludes halogenated alkanes) is 1. The van der Waals surface area contributed by atoms with Crippen LogP contribution in [0.4, 0.5) is 18.9 Å². The molecule has 0 fully saturated rings. The summed E-state index contributed by atoms with van der Waals surface area (Å²) in [7, 11) is -3.75. The molecule has 0 radical (unpaired) electrons. The van der Waals surface area contributed by atoms with E-state index in [1.54, 1.807) is 24.3 Å². The fraction of sp³-hybridized carbons (Fsp3) is 0.458. The van der Waals surface area contributed by atoms with Gasteiger partial charge in [0.15, 0.2) is 0 Å². The Morgan fingerprint density at radius 3 is 2.12 bits per heavy atom. The second-order valence-electron chi connectivity index (χ2n) is 8.14. The highest BCUT2D eigenvalue weighted by molar-refractivity contribution is 7.92. The van der Waals surface area contributed by atoms with Crippen molar-refractivity contribution < 1.29 is 26.4 Å². The van der Waals surface area contributed by atoms with Crippen LogP contribution in [0.3, 0.4) is 0 Å². The number of rotatable bonds is 11. The summed E-state index contributed by atoms with van der Waals surface area (Å²) in [5.74, 6) is 0.236. The molecule has 5 nitrogen and oxygen atoms in total. The summed E-state index contributed by atoms with van der Waals surface area (Å²) in [6.07, 6.45) is 0.789. The van der Waals surface area contributed by atoms with Gasteiger partial charge in [0.05, 0.1) is 24.1 Å². The van der Waals surface area contributed by atoms with Crippen LogP contribution in [-0.2, 0) is 22.7 Å². The Balaban J connectivity index is 2.09. The lowest BCUT2D eigenvalue weighted by Gasteiger charge is -2.23. The third-order valence-corrected chi connectivity index (χ3v) is 6.66. The number of carbonyl (C=O) groups excluding carboxylic acids is 1. The SMILES string of the molecule is CCCC[C@H](CC)CNC(=O)c1ccc(CN(c2ccc(C(F)(F)F)cc2)S(C)(=O)=O)cc1. The summed E-state index contributed by atoms with van der Waals surface area (Å²) in [6.45, 7) is 4.77. The Morgan fingerprint density at radius 1 is 1.03 bits per heavy atom. The normalized spacial score (nSPS) is 12.9. The molecule has 0 aliphatic heterocycles. The van der Waals surface area contributed by atoms with Crippen LogP contribution < -0.4 is 9.62 Å². The van der Waals surface area contributed by atoms with Crippen LogP contribution in [-0.4, -0.2) is 27.1 Å². The van der Waals surface area contributed by atoms with Crippen LogP contribution in [0.15, 0.2) is 48.5 Å². The zero-order valence-corrected chi connectivity index (χ0v) is 20.0. The zero-order valence-electron chi connectivity index (χ0n) is 19.2. The molecular formula is C24H31F3N2O3S. The number of nitrogens with one attached hydrogen (secondary N) is 1. The quantitative estimate of drug-likeness (QED) is 0.450. The molecule has 9 heteroatoms. The lowest BCUT2D eigenvalue weighted by Crippen LogP contribution is -2.30. The first-order chi connectivity index (χ1) is 15.5. The average Bonchev–Trinajstić information content (AvgIpc) is 2.76. The van der Waals surface area contributed by atoms with Crippen molar-refractivity contribution >= 4 is 21.6 Å². The van der Waals surface area contributed by atoms with Gasteiger partial charge in [0.2, 0.25) is 10.0 Å². The smallest absolute Gasteiger partial charge is 0.352 e. The van der Waals surface area contributed by atoms with Gasteiger partial charge >= 0.3 is 6.18 Å². The molecule has 0 aliphatic rings. The number of hydrogen-bond acceptors (Lipinski definition) is 3. The molecular weight excluding hydrogens is 453 g/mol. The van der Waals surface area contributed by atoms with Crippen LogP contribution in [0.2, 0.25) is 0 Å². The molecule has 2 aromatic rings. The summed E-state index contributed by atoms with van der Waals surface area (Å²) in [6, 6.07) is 10.5. The zero-order chi connectivity index (χ0) is 24.6. The number of benzene rings is 2. The lowest BCUT2D eigenvalue weighted by atomic mass is 9.99. The van der Waals surface area contributed by atoms with Gasteiger partial charge in [-0.1, -0.05) is 45.2 Å². The van der Waals surface area contributed by atoms with E-state index in [-0.39, 0.29) is 18.1 Å². The van der Waals surface area contributed by atoms with Crippen molar-refractivity contribution in [3.63, 3.8) is 0 Å². The fourth-order valence-corrected chi connectivity index (χ4v) is 4.31. The van der Waals surface area contributed by atoms with Crippen molar-refractivity contribution in [1.29, 1.82) is 0 Å². The summed E-state index contributed by atoms with van der Waals surface area (Å²) in [4.78, 5) is 12.5. The average molecular weight is 485 g/mol. The number of anilines is 1. The molecule has 2 aromatic carbocycles. The van der Waals surface area contributed by atoms with Crippen LogP contribution >= 0.6 is 0 Å². The minimum Gasteiger partial charge on any atom is -0.352 e. The van der Waals surface area contributed by atoms with Crippen LogP contribution in [0.5, 0.6) is 0 Å². The third kappa shape index (κ3) is 8.07. The number of amides is 1. The van der Waals surface area contributed by atoms with Crippen molar-refractivity contribution in [2.75, 3.05) is 17.1 Å². The number of hydrogen-bond donors (Lipinski definition) is 1. The molecule has 0 spiro atoms. The molecule has 182 valence electrons. The molecule has 0 bridgehead atoms. The first kappa shape index (κ1) is 26.7. The molecule has 0 saturated heterocycles. The monoisotopic (exact) mass is 484 g/mol. The second-order valence-corrected chi connectivity index (χ2v) is 10.0. The van der Waals surface area contributed by atoms with Gasteiger partial charge in [-0.25, -0.2) is 8.42 Å². The van der Waals surface area contributed by atoms with Crippen molar-refractivity contribution in [3.8, 4) is 0 Å².